The van der Waals surface area contributed by atoms with Crippen LogP contribution in [-0.4, -0.2) is 47.9 Å². The second kappa shape index (κ2) is 8.17. The molecule has 0 spiro atoms. The summed E-state index contributed by atoms with van der Waals surface area (Å²) in [4.78, 5) is 30.6. The zero-order valence-electron chi connectivity index (χ0n) is 10.9. The number of nitrogens with zero attached hydrogens (tertiary/aromatic N) is 2. The van der Waals surface area contributed by atoms with Gasteiger partial charge in [0.05, 0.1) is 12.4 Å². The molecule has 0 saturated carbocycles. The van der Waals surface area contributed by atoms with Crippen LogP contribution in [0.5, 0.6) is 0 Å². The summed E-state index contributed by atoms with van der Waals surface area (Å²) in [6.45, 7) is 0.685. The van der Waals surface area contributed by atoms with Crippen molar-refractivity contribution in [3.63, 3.8) is 0 Å². The lowest BCUT2D eigenvalue weighted by molar-refractivity contribution is -0.117. The third-order valence-electron chi connectivity index (χ3n) is 1.92. The Balaban J connectivity index is 2.34. The summed E-state index contributed by atoms with van der Waals surface area (Å²) in [7, 11) is 1.51. The van der Waals surface area contributed by atoms with Gasteiger partial charge in [-0.3, -0.25) is 10.1 Å². The smallest absolute Gasteiger partial charge is 0.321 e. The molecule has 110 valence electrons. The number of urea groups is 1. The van der Waals surface area contributed by atoms with Crippen LogP contribution in [0.3, 0.4) is 0 Å². The Bertz CT molecular complexity index is 464. The van der Waals surface area contributed by atoms with E-state index in [1.807, 2.05) is 0 Å². The lowest BCUT2D eigenvalue weighted by Crippen LogP contribution is -2.41. The van der Waals surface area contributed by atoms with Gasteiger partial charge in [0, 0.05) is 19.7 Å². The molecule has 20 heavy (non-hydrogen) atoms. The minimum atomic E-state index is -0.583. The van der Waals surface area contributed by atoms with Gasteiger partial charge in [0.2, 0.25) is 5.91 Å². The minimum Gasteiger partial charge on any atom is -0.383 e. The zero-order chi connectivity index (χ0) is 15.0. The predicted molar refractivity (Wildman–Crippen MR) is 75.0 cm³/mol. The van der Waals surface area contributed by atoms with Crippen LogP contribution in [0.15, 0.2) is 11.2 Å². The van der Waals surface area contributed by atoms with Gasteiger partial charge in [-0.25, -0.2) is 14.8 Å². The third kappa shape index (κ3) is 6.20. The number of nitrogens with two attached hydrogens (primary N) is 2. The molecule has 1 aromatic heterocycles. The van der Waals surface area contributed by atoms with E-state index in [1.54, 1.807) is 0 Å². The summed E-state index contributed by atoms with van der Waals surface area (Å²) < 4.78 is 4.75. The van der Waals surface area contributed by atoms with Crippen LogP contribution in [0.25, 0.3) is 0 Å². The number of hydrogen-bond donors (Lipinski definition) is 4. The lowest BCUT2D eigenvalue weighted by atomic mass is 10.5. The normalized spacial score (nSPS) is 10.1. The number of amides is 3. The summed E-state index contributed by atoms with van der Waals surface area (Å²) >= 11 is 1.03. The molecule has 0 atom stereocenters. The number of imide groups is 1. The highest BCUT2D eigenvalue weighted by Gasteiger charge is 2.09. The maximum atomic E-state index is 11.5. The van der Waals surface area contributed by atoms with Crippen molar-refractivity contribution in [1.82, 2.24) is 20.6 Å². The number of carbonyl (C=O) groups excluding carboxylic acids is 2. The van der Waals surface area contributed by atoms with Crippen LogP contribution in [-0.2, 0) is 9.53 Å². The minimum absolute atomic E-state index is 0.0272. The number of methoxy groups -OCH3 is 1. The van der Waals surface area contributed by atoms with Crippen molar-refractivity contribution in [2.75, 3.05) is 37.5 Å². The number of nitrogen functional groups attached to an aromatic ring is 2. The molecule has 0 radical (unpaired) electrons. The molecule has 1 heterocycles. The van der Waals surface area contributed by atoms with E-state index in [0.717, 1.165) is 11.8 Å². The van der Waals surface area contributed by atoms with Crippen molar-refractivity contribution in [2.45, 2.75) is 5.16 Å². The fraction of sp³-hybridized carbons (Fsp3) is 0.400. The summed E-state index contributed by atoms with van der Waals surface area (Å²) in [5.41, 5.74) is 11.0. The van der Waals surface area contributed by atoms with E-state index in [-0.39, 0.29) is 22.5 Å². The molecule has 1 rings (SSSR count). The predicted octanol–water partition coefficient (Wildman–Crippen LogP) is -0.795. The van der Waals surface area contributed by atoms with E-state index < -0.39 is 11.9 Å². The van der Waals surface area contributed by atoms with Crippen LogP contribution in [0.1, 0.15) is 0 Å². The number of hydrogen-bond acceptors (Lipinski definition) is 8. The summed E-state index contributed by atoms with van der Waals surface area (Å²) in [6, 6.07) is 0.827. The van der Waals surface area contributed by atoms with E-state index in [9.17, 15) is 9.59 Å². The van der Waals surface area contributed by atoms with Crippen LogP contribution in [0, 0.1) is 0 Å². The molecule has 0 bridgehead atoms. The third-order valence-corrected chi connectivity index (χ3v) is 2.77. The number of nitrogens with one attached hydrogen (secondary N) is 2. The van der Waals surface area contributed by atoms with Crippen molar-refractivity contribution in [1.29, 1.82) is 0 Å². The van der Waals surface area contributed by atoms with Gasteiger partial charge < -0.3 is 21.5 Å². The number of ether oxygens (including phenoxy) is 1. The first-order valence-corrected chi connectivity index (χ1v) is 6.59. The summed E-state index contributed by atoms with van der Waals surface area (Å²) in [5, 5.41) is 4.88. The number of carbonyl (C=O) groups is 2. The lowest BCUT2D eigenvalue weighted by Gasteiger charge is -2.06. The molecule has 0 aliphatic heterocycles. The second-order valence-electron chi connectivity index (χ2n) is 3.59. The highest BCUT2D eigenvalue weighted by molar-refractivity contribution is 7.99. The first-order chi connectivity index (χ1) is 9.51. The van der Waals surface area contributed by atoms with Crippen molar-refractivity contribution in [3.8, 4) is 0 Å². The van der Waals surface area contributed by atoms with Crippen LogP contribution in [0.4, 0.5) is 16.4 Å². The maximum Gasteiger partial charge on any atom is 0.321 e. The molecule has 0 saturated heterocycles. The van der Waals surface area contributed by atoms with Crippen molar-refractivity contribution < 1.29 is 14.3 Å². The average molecular weight is 300 g/mol. The van der Waals surface area contributed by atoms with E-state index in [0.29, 0.717) is 13.2 Å². The van der Waals surface area contributed by atoms with Gasteiger partial charge in [-0.2, -0.15) is 0 Å². The van der Waals surface area contributed by atoms with Gasteiger partial charge in [0.15, 0.2) is 5.16 Å². The fourth-order valence-corrected chi connectivity index (χ4v) is 1.80. The zero-order valence-corrected chi connectivity index (χ0v) is 11.7. The van der Waals surface area contributed by atoms with Gasteiger partial charge in [0.25, 0.3) is 0 Å². The molecule has 3 amide bonds. The number of thioether (sulfide) groups is 1. The van der Waals surface area contributed by atoms with Gasteiger partial charge in [-0.1, -0.05) is 11.8 Å². The van der Waals surface area contributed by atoms with Gasteiger partial charge >= 0.3 is 6.03 Å². The Labute approximate surface area is 119 Å². The highest BCUT2D eigenvalue weighted by Crippen LogP contribution is 2.15. The SMILES string of the molecule is COCCNC(=O)NC(=O)CSc1nc(N)cc(N)n1. The highest BCUT2D eigenvalue weighted by atomic mass is 32.2. The van der Waals surface area contributed by atoms with E-state index in [2.05, 4.69) is 20.6 Å². The molecule has 0 unspecified atom stereocenters. The van der Waals surface area contributed by atoms with Gasteiger partial charge in [0.1, 0.15) is 11.6 Å². The molecule has 0 aliphatic rings. The molecule has 0 aliphatic carbocycles. The Morgan fingerprint density at radius 2 is 2.00 bits per heavy atom. The van der Waals surface area contributed by atoms with Gasteiger partial charge in [-0.15, -0.1) is 0 Å². The summed E-state index contributed by atoms with van der Waals surface area (Å²) in [6.07, 6.45) is 0. The Kier molecular flexibility index (Phi) is 6.53. The van der Waals surface area contributed by atoms with Gasteiger partial charge in [-0.05, 0) is 0 Å². The summed E-state index contributed by atoms with van der Waals surface area (Å²) in [5.74, 6) is -0.0643. The molecular formula is C10H16N6O3S. The molecule has 0 fully saturated rings. The average Bonchev–Trinajstić information content (AvgIpc) is 2.35. The Hall–Kier alpha value is -2.07. The monoisotopic (exact) mass is 300 g/mol. The van der Waals surface area contributed by atoms with E-state index in [4.69, 9.17) is 16.2 Å². The number of aromatic nitrogens is 2. The first-order valence-electron chi connectivity index (χ1n) is 5.60. The fourth-order valence-electron chi connectivity index (χ4n) is 1.13. The van der Waals surface area contributed by atoms with Crippen LogP contribution in [0.2, 0.25) is 0 Å². The standard InChI is InChI=1S/C10H16N6O3S/c1-19-3-2-13-9(18)16-8(17)5-20-10-14-6(11)4-7(12)15-10/h4H,2-3,5H2,1H3,(H4,11,12,14,15)(H2,13,16,17,18). The van der Waals surface area contributed by atoms with E-state index in [1.165, 1.54) is 13.2 Å². The molecule has 0 aromatic carbocycles. The van der Waals surface area contributed by atoms with Crippen molar-refractivity contribution >= 4 is 35.3 Å². The molecule has 9 nitrogen and oxygen atoms in total. The second-order valence-corrected chi connectivity index (χ2v) is 4.53. The molecule has 6 N–H and O–H groups in total. The molecule has 10 heteroatoms. The molecule has 1 aromatic rings. The Morgan fingerprint density at radius 1 is 1.35 bits per heavy atom. The molecular weight excluding hydrogens is 284 g/mol. The maximum absolute atomic E-state index is 11.5. The Morgan fingerprint density at radius 3 is 2.60 bits per heavy atom. The topological polar surface area (TPSA) is 145 Å². The van der Waals surface area contributed by atoms with Crippen molar-refractivity contribution in [3.05, 3.63) is 6.07 Å². The largest absolute Gasteiger partial charge is 0.383 e. The number of rotatable bonds is 6. The quantitative estimate of drug-likeness (QED) is 0.303. The first kappa shape index (κ1) is 16.0. The number of anilines is 2. The van der Waals surface area contributed by atoms with Crippen LogP contribution < -0.4 is 22.1 Å². The van der Waals surface area contributed by atoms with E-state index >= 15 is 0 Å². The van der Waals surface area contributed by atoms with Crippen LogP contribution >= 0.6 is 11.8 Å². The van der Waals surface area contributed by atoms with Crippen molar-refractivity contribution in [2.24, 2.45) is 0 Å².